The number of pyridine rings is 1. The van der Waals surface area contributed by atoms with Gasteiger partial charge in [0.15, 0.2) is 0 Å². The molecule has 5 heteroatoms. The molecule has 1 aromatic carbocycles. The lowest BCUT2D eigenvalue weighted by Gasteiger charge is -2.09. The van der Waals surface area contributed by atoms with E-state index in [0.29, 0.717) is 31.9 Å². The van der Waals surface area contributed by atoms with Crippen molar-refractivity contribution >= 4 is 21.9 Å². The molecule has 122 valence electrons. The summed E-state index contributed by atoms with van der Waals surface area (Å²) in [6.45, 7) is 2.78. The summed E-state index contributed by atoms with van der Waals surface area (Å²) in [5.74, 6) is 0.382. The van der Waals surface area contributed by atoms with Crippen LogP contribution in [0.1, 0.15) is 24.5 Å². The number of carbonyl (C=O) groups is 1. The zero-order valence-electron chi connectivity index (χ0n) is 13.1. The zero-order chi connectivity index (χ0) is 16.5. The number of esters is 1. The first-order valence-corrected chi connectivity index (χ1v) is 8.45. The summed E-state index contributed by atoms with van der Waals surface area (Å²) in [7, 11) is 0. The number of aryl methyl sites for hydroxylation is 1. The van der Waals surface area contributed by atoms with Gasteiger partial charge in [0, 0.05) is 19.0 Å². The largest absolute Gasteiger partial charge is 0.477 e. The Morgan fingerprint density at radius 1 is 1.17 bits per heavy atom. The van der Waals surface area contributed by atoms with Gasteiger partial charge in [-0.25, -0.2) is 4.98 Å². The highest BCUT2D eigenvalue weighted by Crippen LogP contribution is 2.23. The molecule has 0 bridgehead atoms. The monoisotopic (exact) mass is 377 g/mol. The van der Waals surface area contributed by atoms with Gasteiger partial charge in [-0.15, -0.1) is 0 Å². The van der Waals surface area contributed by atoms with Gasteiger partial charge in [0.25, 0.3) is 0 Å². The van der Waals surface area contributed by atoms with Crippen molar-refractivity contribution in [2.24, 2.45) is 0 Å². The van der Waals surface area contributed by atoms with E-state index < -0.39 is 0 Å². The molecular weight excluding hydrogens is 358 g/mol. The van der Waals surface area contributed by atoms with E-state index >= 15 is 0 Å². The van der Waals surface area contributed by atoms with Gasteiger partial charge in [0.05, 0.1) is 17.7 Å². The second-order valence-electron chi connectivity index (χ2n) is 5.02. The molecular formula is C18H20BrNO3. The molecule has 0 fully saturated rings. The average molecular weight is 378 g/mol. The Balaban J connectivity index is 1.83. The fourth-order valence-corrected chi connectivity index (χ4v) is 2.61. The molecule has 2 aromatic rings. The van der Waals surface area contributed by atoms with Gasteiger partial charge in [-0.1, -0.05) is 30.3 Å². The molecule has 0 saturated heterocycles. The summed E-state index contributed by atoms with van der Waals surface area (Å²) in [5.41, 5.74) is 2.20. The maximum Gasteiger partial charge on any atom is 0.306 e. The van der Waals surface area contributed by atoms with Crippen LogP contribution in [0.25, 0.3) is 0 Å². The van der Waals surface area contributed by atoms with Crippen LogP contribution in [0.15, 0.2) is 47.1 Å². The second-order valence-corrected chi connectivity index (χ2v) is 5.87. The SMILES string of the molecule is CCOC(=O)CCc1cnc(OCCc2ccccc2)c(Br)c1. The Morgan fingerprint density at radius 2 is 1.96 bits per heavy atom. The van der Waals surface area contributed by atoms with Gasteiger partial charge in [-0.05, 0) is 46.5 Å². The number of rotatable bonds is 8. The van der Waals surface area contributed by atoms with Gasteiger partial charge < -0.3 is 9.47 Å². The van der Waals surface area contributed by atoms with Crippen LogP contribution in [0, 0.1) is 0 Å². The fourth-order valence-electron chi connectivity index (χ4n) is 2.10. The van der Waals surface area contributed by atoms with Crippen LogP contribution >= 0.6 is 15.9 Å². The molecule has 2 rings (SSSR count). The third kappa shape index (κ3) is 6.02. The number of ether oxygens (including phenoxy) is 2. The third-order valence-electron chi connectivity index (χ3n) is 3.26. The van der Waals surface area contributed by atoms with Crippen molar-refractivity contribution in [3.63, 3.8) is 0 Å². The van der Waals surface area contributed by atoms with E-state index in [9.17, 15) is 4.79 Å². The molecule has 0 spiro atoms. The molecule has 0 radical (unpaired) electrons. The van der Waals surface area contributed by atoms with Gasteiger partial charge in [-0.2, -0.15) is 0 Å². The maximum absolute atomic E-state index is 11.4. The number of aromatic nitrogens is 1. The van der Waals surface area contributed by atoms with Crippen molar-refractivity contribution in [3.8, 4) is 5.88 Å². The standard InChI is InChI=1S/C18H20BrNO3/c1-2-22-17(21)9-8-15-12-16(19)18(20-13-15)23-11-10-14-6-4-3-5-7-14/h3-7,12-13H,2,8-11H2,1H3. The summed E-state index contributed by atoms with van der Waals surface area (Å²) in [4.78, 5) is 15.7. The molecule has 0 aliphatic carbocycles. The molecule has 1 aromatic heterocycles. The fraction of sp³-hybridized carbons (Fsp3) is 0.333. The first-order chi connectivity index (χ1) is 11.2. The Bertz CT molecular complexity index is 631. The van der Waals surface area contributed by atoms with E-state index in [2.05, 4.69) is 33.0 Å². The van der Waals surface area contributed by atoms with Crippen LogP contribution in [-0.4, -0.2) is 24.2 Å². The molecule has 0 atom stereocenters. The minimum absolute atomic E-state index is 0.188. The lowest BCUT2D eigenvalue weighted by atomic mass is 10.1. The summed E-state index contributed by atoms with van der Waals surface area (Å²) in [5, 5.41) is 0. The summed E-state index contributed by atoms with van der Waals surface area (Å²) < 4.78 is 11.4. The number of halogens is 1. The Kier molecular flexibility index (Phi) is 7.07. The van der Waals surface area contributed by atoms with Crippen molar-refractivity contribution in [2.45, 2.75) is 26.2 Å². The minimum Gasteiger partial charge on any atom is -0.477 e. The smallest absolute Gasteiger partial charge is 0.306 e. The summed E-state index contributed by atoms with van der Waals surface area (Å²) >= 11 is 3.47. The quantitative estimate of drug-likeness (QED) is 0.653. The first-order valence-electron chi connectivity index (χ1n) is 7.65. The predicted molar refractivity (Wildman–Crippen MR) is 92.5 cm³/mol. The topological polar surface area (TPSA) is 48.4 Å². The van der Waals surface area contributed by atoms with Gasteiger partial charge in [0.2, 0.25) is 5.88 Å². The van der Waals surface area contributed by atoms with E-state index in [1.807, 2.05) is 24.3 Å². The minimum atomic E-state index is -0.188. The van der Waals surface area contributed by atoms with E-state index in [4.69, 9.17) is 9.47 Å². The Morgan fingerprint density at radius 3 is 2.65 bits per heavy atom. The maximum atomic E-state index is 11.4. The number of benzene rings is 1. The lowest BCUT2D eigenvalue weighted by Crippen LogP contribution is -2.06. The molecule has 0 amide bonds. The van der Waals surface area contributed by atoms with Crippen molar-refractivity contribution in [1.82, 2.24) is 4.98 Å². The van der Waals surface area contributed by atoms with Gasteiger partial charge in [0.1, 0.15) is 0 Å². The number of hydrogen-bond donors (Lipinski definition) is 0. The average Bonchev–Trinajstić information content (AvgIpc) is 2.56. The first kappa shape index (κ1) is 17.5. The van der Waals surface area contributed by atoms with Gasteiger partial charge in [-0.3, -0.25) is 4.79 Å². The van der Waals surface area contributed by atoms with E-state index in [1.54, 1.807) is 13.1 Å². The molecule has 0 unspecified atom stereocenters. The molecule has 0 aliphatic rings. The van der Waals surface area contributed by atoms with Crippen LogP contribution in [0.4, 0.5) is 0 Å². The molecule has 1 heterocycles. The van der Waals surface area contributed by atoms with E-state index in [0.717, 1.165) is 16.5 Å². The van der Waals surface area contributed by atoms with Gasteiger partial charge >= 0.3 is 5.97 Å². The molecule has 0 aliphatic heterocycles. The van der Waals surface area contributed by atoms with Crippen LogP contribution in [0.5, 0.6) is 5.88 Å². The highest BCUT2D eigenvalue weighted by molar-refractivity contribution is 9.10. The van der Waals surface area contributed by atoms with E-state index in [1.165, 1.54) is 5.56 Å². The van der Waals surface area contributed by atoms with Crippen LogP contribution in [-0.2, 0) is 22.4 Å². The normalized spacial score (nSPS) is 10.3. The van der Waals surface area contributed by atoms with Crippen molar-refractivity contribution < 1.29 is 14.3 Å². The van der Waals surface area contributed by atoms with Crippen LogP contribution in [0.3, 0.4) is 0 Å². The van der Waals surface area contributed by atoms with E-state index in [-0.39, 0.29) is 5.97 Å². The third-order valence-corrected chi connectivity index (χ3v) is 3.83. The molecule has 4 nitrogen and oxygen atoms in total. The summed E-state index contributed by atoms with van der Waals surface area (Å²) in [6.07, 6.45) is 3.53. The van der Waals surface area contributed by atoms with Crippen LogP contribution in [0.2, 0.25) is 0 Å². The summed E-state index contributed by atoms with van der Waals surface area (Å²) in [6, 6.07) is 12.1. The lowest BCUT2D eigenvalue weighted by molar-refractivity contribution is -0.143. The molecule has 0 N–H and O–H groups in total. The predicted octanol–water partition coefficient (Wildman–Crippen LogP) is 3.96. The number of hydrogen-bond acceptors (Lipinski definition) is 4. The van der Waals surface area contributed by atoms with Crippen molar-refractivity contribution in [1.29, 1.82) is 0 Å². The number of nitrogens with zero attached hydrogens (tertiary/aromatic N) is 1. The van der Waals surface area contributed by atoms with Crippen LogP contribution < -0.4 is 4.74 Å². The second kappa shape index (κ2) is 9.30. The number of carbonyl (C=O) groups excluding carboxylic acids is 1. The van der Waals surface area contributed by atoms with Crippen molar-refractivity contribution in [2.75, 3.05) is 13.2 Å². The molecule has 0 saturated carbocycles. The van der Waals surface area contributed by atoms with Crippen molar-refractivity contribution in [3.05, 3.63) is 58.2 Å². The zero-order valence-corrected chi connectivity index (χ0v) is 14.7. The highest BCUT2D eigenvalue weighted by atomic mass is 79.9. The molecule has 23 heavy (non-hydrogen) atoms. The Hall–Kier alpha value is -1.88. The Labute approximate surface area is 145 Å². The highest BCUT2D eigenvalue weighted by Gasteiger charge is 2.07.